The van der Waals surface area contributed by atoms with Crippen LogP contribution in [0.15, 0.2) is 59.8 Å². The third kappa shape index (κ3) is 3.12. The van der Waals surface area contributed by atoms with Gasteiger partial charge in [-0.3, -0.25) is 4.98 Å². The Morgan fingerprint density at radius 1 is 1.04 bits per heavy atom. The number of fused-ring (bicyclic) bond motifs is 1. The van der Waals surface area contributed by atoms with E-state index in [1.807, 2.05) is 42.7 Å². The zero-order chi connectivity index (χ0) is 19.1. The minimum Gasteiger partial charge on any atom is -0.331 e. The third-order valence-electron chi connectivity index (χ3n) is 4.80. The Kier molecular flexibility index (Phi) is 4.48. The van der Waals surface area contributed by atoms with Crippen LogP contribution in [-0.4, -0.2) is 9.55 Å². The van der Waals surface area contributed by atoms with Crippen LogP contribution < -0.4 is 0 Å². The van der Waals surface area contributed by atoms with Gasteiger partial charge >= 0.3 is 0 Å². The quantitative estimate of drug-likeness (QED) is 0.436. The predicted molar refractivity (Wildman–Crippen MR) is 107 cm³/mol. The van der Waals surface area contributed by atoms with E-state index in [2.05, 4.69) is 11.1 Å². The van der Waals surface area contributed by atoms with Gasteiger partial charge in [-0.25, -0.2) is 8.78 Å². The molecular formula is C22H18F2N2S. The lowest BCUT2D eigenvalue weighted by Crippen LogP contribution is -2.03. The van der Waals surface area contributed by atoms with Crippen LogP contribution in [0.3, 0.4) is 0 Å². The summed E-state index contributed by atoms with van der Waals surface area (Å²) in [7, 11) is 0. The molecule has 2 aromatic carbocycles. The van der Waals surface area contributed by atoms with Gasteiger partial charge in [0.05, 0.1) is 11.6 Å². The molecule has 0 aliphatic rings. The molecule has 136 valence electrons. The molecule has 27 heavy (non-hydrogen) atoms. The van der Waals surface area contributed by atoms with Crippen LogP contribution in [-0.2, 0) is 6.54 Å². The third-order valence-corrected chi connectivity index (χ3v) is 5.27. The Balaban J connectivity index is 1.98. The summed E-state index contributed by atoms with van der Waals surface area (Å²) >= 11 is 4.77. The van der Waals surface area contributed by atoms with E-state index >= 15 is 0 Å². The largest absolute Gasteiger partial charge is 0.331 e. The summed E-state index contributed by atoms with van der Waals surface area (Å²) in [5, 5.41) is 1.73. The van der Waals surface area contributed by atoms with Gasteiger partial charge < -0.3 is 4.57 Å². The van der Waals surface area contributed by atoms with E-state index in [0.717, 1.165) is 45.4 Å². The van der Waals surface area contributed by atoms with Crippen molar-refractivity contribution >= 4 is 23.5 Å². The molecule has 0 aliphatic heterocycles. The molecule has 4 rings (SSSR count). The lowest BCUT2D eigenvalue weighted by atomic mass is 10.0. The van der Waals surface area contributed by atoms with Gasteiger partial charge in [0, 0.05) is 39.5 Å². The molecule has 0 fully saturated rings. The minimum absolute atomic E-state index is 0.196. The molecule has 0 aliphatic carbocycles. The molecule has 0 saturated heterocycles. The van der Waals surface area contributed by atoms with Crippen LogP contribution in [0.25, 0.3) is 22.0 Å². The molecule has 0 N–H and O–H groups in total. The van der Waals surface area contributed by atoms with Crippen LogP contribution in [0.1, 0.15) is 16.8 Å². The molecular weight excluding hydrogens is 362 g/mol. The maximum Gasteiger partial charge on any atom is 0.128 e. The molecule has 0 amide bonds. The second-order valence-corrected chi connectivity index (χ2v) is 7.10. The second-order valence-electron chi connectivity index (χ2n) is 6.68. The molecule has 0 saturated carbocycles. The summed E-state index contributed by atoms with van der Waals surface area (Å²) < 4.78 is 29.8. The molecule has 0 unspecified atom stereocenters. The van der Waals surface area contributed by atoms with Crippen molar-refractivity contribution in [3.05, 3.63) is 83.2 Å². The highest BCUT2D eigenvalue weighted by Crippen LogP contribution is 2.39. The SMILES string of the molecule is Cc1ccc2c(c1)c(-c1cccnc1C)c(S)n2Cc1cc(F)ccc1F. The summed E-state index contributed by atoms with van der Waals surface area (Å²) in [6.07, 6.45) is 1.75. The molecule has 2 aromatic heterocycles. The van der Waals surface area contributed by atoms with Crippen molar-refractivity contribution in [1.29, 1.82) is 0 Å². The predicted octanol–water partition coefficient (Wildman–Crippen LogP) is 5.94. The van der Waals surface area contributed by atoms with Crippen molar-refractivity contribution in [3.8, 4) is 11.1 Å². The molecule has 2 nitrogen and oxygen atoms in total. The summed E-state index contributed by atoms with van der Waals surface area (Å²) in [5.74, 6) is -0.889. The summed E-state index contributed by atoms with van der Waals surface area (Å²) in [6, 6.07) is 13.5. The van der Waals surface area contributed by atoms with E-state index in [0.29, 0.717) is 5.03 Å². The number of aromatic nitrogens is 2. The zero-order valence-electron chi connectivity index (χ0n) is 15.0. The number of rotatable bonds is 3. The van der Waals surface area contributed by atoms with E-state index in [4.69, 9.17) is 12.6 Å². The molecule has 0 radical (unpaired) electrons. The van der Waals surface area contributed by atoms with Gasteiger partial charge in [-0.05, 0) is 50.2 Å². The first-order valence-electron chi connectivity index (χ1n) is 8.63. The summed E-state index contributed by atoms with van der Waals surface area (Å²) in [6.45, 7) is 4.18. The highest BCUT2D eigenvalue weighted by atomic mass is 32.1. The maximum atomic E-state index is 14.2. The Morgan fingerprint density at radius 2 is 1.85 bits per heavy atom. The second kappa shape index (κ2) is 6.82. The van der Waals surface area contributed by atoms with E-state index < -0.39 is 11.6 Å². The van der Waals surface area contributed by atoms with Crippen LogP contribution >= 0.6 is 12.6 Å². The number of aryl methyl sites for hydroxylation is 2. The standard InChI is InChI=1S/C22H18F2N2S/c1-13-5-8-20-18(10-13)21(17-4-3-9-25-14(17)2)22(27)26(20)12-15-11-16(23)6-7-19(15)24/h3-11,27H,12H2,1-2H3. The lowest BCUT2D eigenvalue weighted by Gasteiger charge is -2.10. The van der Waals surface area contributed by atoms with E-state index in [-0.39, 0.29) is 12.1 Å². The van der Waals surface area contributed by atoms with Gasteiger partial charge in [0.2, 0.25) is 0 Å². The fourth-order valence-corrected chi connectivity index (χ4v) is 3.88. The fraction of sp³-hybridized carbons (Fsp3) is 0.136. The normalized spacial score (nSPS) is 11.3. The zero-order valence-corrected chi connectivity index (χ0v) is 15.9. The number of hydrogen-bond acceptors (Lipinski definition) is 2. The van der Waals surface area contributed by atoms with Crippen molar-refractivity contribution in [1.82, 2.24) is 9.55 Å². The van der Waals surface area contributed by atoms with E-state index in [1.165, 1.54) is 6.07 Å². The monoisotopic (exact) mass is 380 g/mol. The van der Waals surface area contributed by atoms with Gasteiger partial charge in [-0.2, -0.15) is 0 Å². The number of nitrogens with zero attached hydrogens (tertiary/aromatic N) is 2. The number of thiol groups is 1. The van der Waals surface area contributed by atoms with Crippen molar-refractivity contribution in [3.63, 3.8) is 0 Å². The van der Waals surface area contributed by atoms with Crippen molar-refractivity contribution in [2.75, 3.05) is 0 Å². The molecule has 5 heteroatoms. The molecule has 2 heterocycles. The average Bonchev–Trinajstić information content (AvgIpc) is 2.90. The van der Waals surface area contributed by atoms with Crippen LogP contribution in [0.5, 0.6) is 0 Å². The Morgan fingerprint density at radius 3 is 2.63 bits per heavy atom. The van der Waals surface area contributed by atoms with Gasteiger partial charge in [0.15, 0.2) is 0 Å². The number of pyridine rings is 1. The van der Waals surface area contributed by atoms with E-state index in [9.17, 15) is 8.78 Å². The first-order chi connectivity index (χ1) is 13.0. The Labute approximate surface area is 161 Å². The van der Waals surface area contributed by atoms with Crippen molar-refractivity contribution < 1.29 is 8.78 Å². The van der Waals surface area contributed by atoms with Crippen molar-refractivity contribution in [2.24, 2.45) is 0 Å². The number of hydrogen-bond donors (Lipinski definition) is 1. The topological polar surface area (TPSA) is 17.8 Å². The minimum atomic E-state index is -0.456. The van der Waals surface area contributed by atoms with Crippen molar-refractivity contribution in [2.45, 2.75) is 25.4 Å². The molecule has 0 atom stereocenters. The van der Waals surface area contributed by atoms with Gasteiger partial charge in [0.1, 0.15) is 11.6 Å². The van der Waals surface area contributed by atoms with Crippen LogP contribution in [0.2, 0.25) is 0 Å². The Hall–Kier alpha value is -2.66. The first-order valence-corrected chi connectivity index (χ1v) is 9.08. The van der Waals surface area contributed by atoms with Gasteiger partial charge in [-0.15, -0.1) is 12.6 Å². The van der Waals surface area contributed by atoms with Crippen LogP contribution in [0, 0.1) is 25.5 Å². The lowest BCUT2D eigenvalue weighted by molar-refractivity contribution is 0.575. The number of halogens is 2. The molecule has 4 aromatic rings. The summed E-state index contributed by atoms with van der Waals surface area (Å²) in [4.78, 5) is 4.39. The highest BCUT2D eigenvalue weighted by molar-refractivity contribution is 7.80. The Bertz CT molecular complexity index is 1160. The average molecular weight is 380 g/mol. The maximum absolute atomic E-state index is 14.2. The molecule has 0 spiro atoms. The van der Waals surface area contributed by atoms with E-state index in [1.54, 1.807) is 6.20 Å². The van der Waals surface area contributed by atoms with Gasteiger partial charge in [0.25, 0.3) is 0 Å². The summed E-state index contributed by atoms with van der Waals surface area (Å²) in [5.41, 5.74) is 5.17. The smallest absolute Gasteiger partial charge is 0.128 e. The number of benzene rings is 2. The molecule has 0 bridgehead atoms. The highest BCUT2D eigenvalue weighted by Gasteiger charge is 2.19. The first kappa shape index (κ1) is 17.7. The van der Waals surface area contributed by atoms with Gasteiger partial charge in [-0.1, -0.05) is 17.7 Å². The fourth-order valence-electron chi connectivity index (χ4n) is 3.46. The van der Waals surface area contributed by atoms with Crippen LogP contribution in [0.4, 0.5) is 8.78 Å².